The molecular weight excluding hydrogens is 366 g/mol. The Morgan fingerprint density at radius 1 is 1.19 bits per heavy atom. The highest BCUT2D eigenvalue weighted by Gasteiger charge is 2.22. The number of rotatable bonds is 7. The van der Waals surface area contributed by atoms with Gasteiger partial charge in [0.1, 0.15) is 5.76 Å². The number of nitrogens with one attached hydrogen (secondary N) is 2. The van der Waals surface area contributed by atoms with Gasteiger partial charge in [0, 0.05) is 29.6 Å². The molecule has 0 spiro atoms. The van der Waals surface area contributed by atoms with E-state index in [1.165, 1.54) is 0 Å². The van der Waals surface area contributed by atoms with Crippen LogP contribution in [-0.2, 0) is 21.9 Å². The number of aryl methyl sites for hydroxylation is 2. The first-order valence-electron chi connectivity index (χ1n) is 8.78. The molecule has 1 amide bonds. The van der Waals surface area contributed by atoms with Gasteiger partial charge in [0.2, 0.25) is 10.0 Å². The van der Waals surface area contributed by atoms with Gasteiger partial charge in [-0.1, -0.05) is 20.8 Å². The van der Waals surface area contributed by atoms with Crippen molar-refractivity contribution < 1.29 is 17.6 Å². The predicted octanol–water partition coefficient (Wildman–Crippen LogP) is 3.01. The SMILES string of the molecule is Cc1nc(C(C)(C)C)oc1CCCNC(=O)c1ccc(NS(C)(=O)=O)cc1. The molecule has 0 aliphatic carbocycles. The van der Waals surface area contributed by atoms with Gasteiger partial charge in [-0.2, -0.15) is 0 Å². The number of sulfonamides is 1. The largest absolute Gasteiger partial charge is 0.445 e. The number of anilines is 1. The van der Waals surface area contributed by atoms with E-state index in [-0.39, 0.29) is 11.3 Å². The Kier molecular flexibility index (Phi) is 6.30. The molecule has 2 rings (SSSR count). The van der Waals surface area contributed by atoms with Crippen LogP contribution in [0, 0.1) is 6.92 Å². The molecule has 8 heteroatoms. The van der Waals surface area contributed by atoms with Crippen LogP contribution in [0.2, 0.25) is 0 Å². The van der Waals surface area contributed by atoms with Crippen LogP contribution in [0.15, 0.2) is 28.7 Å². The monoisotopic (exact) mass is 393 g/mol. The summed E-state index contributed by atoms with van der Waals surface area (Å²) in [6, 6.07) is 6.28. The Bertz CT molecular complexity index is 894. The number of hydrogen-bond acceptors (Lipinski definition) is 5. The predicted molar refractivity (Wildman–Crippen MR) is 106 cm³/mol. The van der Waals surface area contributed by atoms with Gasteiger partial charge in [0.05, 0.1) is 11.9 Å². The van der Waals surface area contributed by atoms with Crippen molar-refractivity contribution in [3.63, 3.8) is 0 Å². The lowest BCUT2D eigenvalue weighted by molar-refractivity contribution is 0.0953. The van der Waals surface area contributed by atoms with Gasteiger partial charge in [-0.05, 0) is 37.6 Å². The lowest BCUT2D eigenvalue weighted by Crippen LogP contribution is -2.24. The van der Waals surface area contributed by atoms with Crippen molar-refractivity contribution in [2.45, 2.75) is 46.0 Å². The number of carbonyl (C=O) groups is 1. The lowest BCUT2D eigenvalue weighted by atomic mass is 9.97. The first-order chi connectivity index (χ1) is 12.5. The second-order valence-electron chi connectivity index (χ2n) is 7.59. The van der Waals surface area contributed by atoms with Gasteiger partial charge in [0.15, 0.2) is 5.89 Å². The number of oxazole rings is 1. The quantitative estimate of drug-likeness (QED) is 0.704. The Labute approximate surface area is 160 Å². The van der Waals surface area contributed by atoms with E-state index in [1.54, 1.807) is 24.3 Å². The Morgan fingerprint density at radius 3 is 2.33 bits per heavy atom. The maximum Gasteiger partial charge on any atom is 0.251 e. The van der Waals surface area contributed by atoms with Gasteiger partial charge in [-0.15, -0.1) is 0 Å². The van der Waals surface area contributed by atoms with Crippen LogP contribution in [0.4, 0.5) is 5.69 Å². The highest BCUT2D eigenvalue weighted by atomic mass is 32.2. The van der Waals surface area contributed by atoms with Gasteiger partial charge in [0.25, 0.3) is 5.91 Å². The molecule has 27 heavy (non-hydrogen) atoms. The number of nitrogens with zero attached hydrogens (tertiary/aromatic N) is 1. The van der Waals surface area contributed by atoms with Crippen molar-refractivity contribution in [3.8, 4) is 0 Å². The standard InChI is InChI=1S/C19H27N3O4S/c1-13-16(26-18(21-13)19(2,3)4)7-6-12-20-17(23)14-8-10-15(11-9-14)22-27(5,24)25/h8-11,22H,6-7,12H2,1-5H3,(H,20,23). The van der Waals surface area contributed by atoms with Crippen LogP contribution >= 0.6 is 0 Å². The maximum atomic E-state index is 12.2. The van der Waals surface area contributed by atoms with E-state index in [0.717, 1.165) is 30.0 Å². The highest BCUT2D eigenvalue weighted by molar-refractivity contribution is 7.92. The van der Waals surface area contributed by atoms with Crippen molar-refractivity contribution in [2.75, 3.05) is 17.5 Å². The number of amides is 1. The smallest absolute Gasteiger partial charge is 0.251 e. The molecule has 0 aliphatic rings. The third kappa shape index (κ3) is 6.39. The molecule has 1 aromatic carbocycles. The summed E-state index contributed by atoms with van der Waals surface area (Å²) in [7, 11) is -3.33. The van der Waals surface area contributed by atoms with Gasteiger partial charge < -0.3 is 9.73 Å². The average molecular weight is 394 g/mol. The van der Waals surface area contributed by atoms with Crippen LogP contribution in [0.25, 0.3) is 0 Å². The van der Waals surface area contributed by atoms with E-state index in [4.69, 9.17) is 4.42 Å². The van der Waals surface area contributed by atoms with Crippen LogP contribution in [0.1, 0.15) is 54.9 Å². The summed E-state index contributed by atoms with van der Waals surface area (Å²) in [5.74, 6) is 1.37. The first kappa shape index (κ1) is 21.0. The van der Waals surface area contributed by atoms with Crippen molar-refractivity contribution in [2.24, 2.45) is 0 Å². The molecule has 0 saturated heterocycles. The molecule has 148 valence electrons. The fourth-order valence-electron chi connectivity index (χ4n) is 2.44. The molecule has 7 nitrogen and oxygen atoms in total. The van der Waals surface area contributed by atoms with E-state index in [1.807, 2.05) is 6.92 Å². The summed E-state index contributed by atoms with van der Waals surface area (Å²) >= 11 is 0. The molecule has 0 radical (unpaired) electrons. The third-order valence-corrected chi connectivity index (χ3v) is 4.46. The number of hydrogen-bond donors (Lipinski definition) is 2. The summed E-state index contributed by atoms with van der Waals surface area (Å²) in [6.45, 7) is 8.60. The Morgan fingerprint density at radius 2 is 1.81 bits per heavy atom. The molecule has 0 saturated carbocycles. The fraction of sp³-hybridized carbons (Fsp3) is 0.474. The molecule has 1 heterocycles. The van der Waals surface area contributed by atoms with Gasteiger partial charge >= 0.3 is 0 Å². The van der Waals surface area contributed by atoms with E-state index in [2.05, 4.69) is 35.8 Å². The molecule has 1 aromatic heterocycles. The van der Waals surface area contributed by atoms with E-state index in [0.29, 0.717) is 24.2 Å². The van der Waals surface area contributed by atoms with E-state index >= 15 is 0 Å². The lowest BCUT2D eigenvalue weighted by Gasteiger charge is -2.12. The normalized spacial score (nSPS) is 12.0. The van der Waals surface area contributed by atoms with Gasteiger partial charge in [-0.25, -0.2) is 13.4 Å². The number of carbonyl (C=O) groups excluding carboxylic acids is 1. The zero-order valence-electron chi connectivity index (χ0n) is 16.4. The molecular formula is C19H27N3O4S. The van der Waals surface area contributed by atoms with Crippen molar-refractivity contribution in [1.29, 1.82) is 0 Å². The van der Waals surface area contributed by atoms with Crippen molar-refractivity contribution in [1.82, 2.24) is 10.3 Å². The summed E-state index contributed by atoms with van der Waals surface area (Å²) in [4.78, 5) is 16.6. The minimum absolute atomic E-state index is 0.130. The Hall–Kier alpha value is -2.35. The second kappa shape index (κ2) is 8.12. The third-order valence-electron chi connectivity index (χ3n) is 3.85. The summed E-state index contributed by atoms with van der Waals surface area (Å²) in [6.07, 6.45) is 2.51. The molecule has 2 aromatic rings. The average Bonchev–Trinajstić information content (AvgIpc) is 2.92. The molecule has 0 unspecified atom stereocenters. The van der Waals surface area contributed by atoms with Crippen LogP contribution < -0.4 is 10.0 Å². The van der Waals surface area contributed by atoms with Crippen LogP contribution in [0.5, 0.6) is 0 Å². The number of aromatic nitrogens is 1. The first-order valence-corrected chi connectivity index (χ1v) is 10.7. The summed E-state index contributed by atoms with van der Waals surface area (Å²) < 4.78 is 30.6. The molecule has 0 bridgehead atoms. The van der Waals surface area contributed by atoms with Gasteiger partial charge in [-0.3, -0.25) is 9.52 Å². The minimum atomic E-state index is -3.33. The fourth-order valence-corrected chi connectivity index (χ4v) is 3.00. The van der Waals surface area contributed by atoms with E-state index < -0.39 is 10.0 Å². The minimum Gasteiger partial charge on any atom is -0.445 e. The molecule has 0 fully saturated rings. The molecule has 2 N–H and O–H groups in total. The maximum absolute atomic E-state index is 12.2. The second-order valence-corrected chi connectivity index (χ2v) is 9.34. The summed E-state index contributed by atoms with van der Waals surface area (Å²) in [5.41, 5.74) is 1.65. The molecule has 0 atom stereocenters. The summed E-state index contributed by atoms with van der Waals surface area (Å²) in [5, 5.41) is 2.85. The van der Waals surface area contributed by atoms with Crippen LogP contribution in [0.3, 0.4) is 0 Å². The highest BCUT2D eigenvalue weighted by Crippen LogP contribution is 2.24. The van der Waals surface area contributed by atoms with Crippen LogP contribution in [-0.4, -0.2) is 32.1 Å². The zero-order valence-corrected chi connectivity index (χ0v) is 17.2. The molecule has 0 aliphatic heterocycles. The Balaban J connectivity index is 1.83. The van der Waals surface area contributed by atoms with E-state index in [9.17, 15) is 13.2 Å². The zero-order chi connectivity index (χ0) is 20.2. The van der Waals surface area contributed by atoms with Crippen molar-refractivity contribution in [3.05, 3.63) is 47.2 Å². The topological polar surface area (TPSA) is 101 Å². The van der Waals surface area contributed by atoms with Crippen molar-refractivity contribution >= 4 is 21.6 Å². The number of benzene rings is 1.